The van der Waals surface area contributed by atoms with Crippen molar-refractivity contribution in [1.82, 2.24) is 15.1 Å². The number of hydrogen-bond acceptors (Lipinski definition) is 3. The predicted molar refractivity (Wildman–Crippen MR) is 153 cm³/mol. The third-order valence-corrected chi connectivity index (χ3v) is 8.35. The summed E-state index contributed by atoms with van der Waals surface area (Å²) in [6.45, 7) is 16.8. The maximum atomic E-state index is 14.1. The summed E-state index contributed by atoms with van der Waals surface area (Å²) in [4.78, 5) is 35.3. The minimum Gasteiger partial charge on any atom is -0.315 e. The summed E-state index contributed by atoms with van der Waals surface area (Å²) >= 11 is 0. The molecule has 3 aromatic rings. The van der Waals surface area contributed by atoms with Crippen molar-refractivity contribution in [3.63, 3.8) is 0 Å². The number of benzene rings is 3. The third-order valence-electron chi connectivity index (χ3n) is 8.35. The molecule has 0 aliphatic carbocycles. The van der Waals surface area contributed by atoms with Gasteiger partial charge in [0.25, 0.3) is 11.4 Å². The molecule has 2 aliphatic rings. The summed E-state index contributed by atoms with van der Waals surface area (Å²) < 4.78 is 0. The van der Waals surface area contributed by atoms with E-state index in [0.717, 1.165) is 60.3 Å². The van der Waals surface area contributed by atoms with E-state index in [1.807, 2.05) is 80.6 Å². The molecular formula is C33H36N4O2. The number of piperidine rings is 1. The molecule has 2 saturated heterocycles. The molecule has 1 N–H and O–H groups in total. The van der Waals surface area contributed by atoms with Crippen LogP contribution in [-0.2, 0) is 15.9 Å². The molecule has 200 valence electrons. The van der Waals surface area contributed by atoms with Crippen LogP contribution >= 0.6 is 0 Å². The number of aryl methyl sites for hydroxylation is 2. The Labute approximate surface area is 231 Å². The number of urea groups is 1. The minimum atomic E-state index is -1.24. The van der Waals surface area contributed by atoms with E-state index >= 15 is 0 Å². The van der Waals surface area contributed by atoms with Gasteiger partial charge in [-0.15, -0.1) is 0 Å². The fourth-order valence-electron chi connectivity index (χ4n) is 6.04. The smallest absolute Gasteiger partial charge is 0.315 e. The Morgan fingerprint density at radius 1 is 0.821 bits per heavy atom. The van der Waals surface area contributed by atoms with Gasteiger partial charge in [0.1, 0.15) is 0 Å². The number of carbonyl (C=O) groups is 2. The van der Waals surface area contributed by atoms with Gasteiger partial charge >= 0.3 is 6.03 Å². The van der Waals surface area contributed by atoms with Crippen molar-refractivity contribution < 1.29 is 9.59 Å². The van der Waals surface area contributed by atoms with Gasteiger partial charge in [-0.25, -0.2) is 11.4 Å². The van der Waals surface area contributed by atoms with Gasteiger partial charge in [-0.3, -0.25) is 9.69 Å². The fourth-order valence-corrected chi connectivity index (χ4v) is 6.04. The number of hydrogen-bond donors (Lipinski definition) is 1. The molecule has 39 heavy (non-hydrogen) atoms. The van der Waals surface area contributed by atoms with Gasteiger partial charge in [0, 0.05) is 44.6 Å². The maximum absolute atomic E-state index is 14.1. The highest BCUT2D eigenvalue weighted by Crippen LogP contribution is 2.38. The largest absolute Gasteiger partial charge is 0.325 e. The van der Waals surface area contributed by atoms with Crippen molar-refractivity contribution in [2.45, 2.75) is 44.7 Å². The summed E-state index contributed by atoms with van der Waals surface area (Å²) in [6, 6.07) is 25.4. The first kappa shape index (κ1) is 26.6. The van der Waals surface area contributed by atoms with Gasteiger partial charge in [0.2, 0.25) is 0 Å². The van der Waals surface area contributed by atoms with Crippen LogP contribution in [0.4, 0.5) is 4.79 Å². The van der Waals surface area contributed by atoms with Crippen LogP contribution < -0.4 is 5.32 Å². The molecule has 0 bridgehead atoms. The molecule has 5 rings (SSSR count). The average Bonchev–Trinajstić information content (AvgIpc) is 3.20. The number of likely N-dealkylation sites (tertiary alicyclic amines) is 1. The van der Waals surface area contributed by atoms with E-state index in [2.05, 4.69) is 34.1 Å². The van der Waals surface area contributed by atoms with Gasteiger partial charge in [-0.05, 0) is 30.9 Å². The quantitative estimate of drug-likeness (QED) is 0.324. The van der Waals surface area contributed by atoms with E-state index in [1.165, 1.54) is 4.90 Å². The second kappa shape index (κ2) is 10.7. The average molecular weight is 521 g/mol. The molecular weight excluding hydrogens is 484 g/mol. The van der Waals surface area contributed by atoms with Crippen LogP contribution in [0.2, 0.25) is 0 Å². The Hall–Kier alpha value is -3.95. The number of imide groups is 1. The lowest BCUT2D eigenvalue weighted by Gasteiger charge is -2.36. The molecule has 1 atom stereocenters. The molecule has 3 amide bonds. The van der Waals surface area contributed by atoms with Gasteiger partial charge in [-0.2, -0.15) is 0 Å². The molecule has 3 aromatic carbocycles. The Bertz CT molecular complexity index is 1320. The van der Waals surface area contributed by atoms with Crippen LogP contribution in [0.3, 0.4) is 0 Å². The standard InChI is InChI=1S/C33H36N4O2/c1-24-10-14-28(15-11-24)33(29-16-12-25(2)13-17-29)30(38)37(31(39)35-33)23-26(3)22-36-20-18-32(34-4,19-21-36)27-8-6-5-7-9-27/h5-17,26H,18-23H2,1-3H3,(H,35,39). The van der Waals surface area contributed by atoms with E-state index < -0.39 is 11.1 Å². The fraction of sp³-hybridized carbons (Fsp3) is 0.364. The van der Waals surface area contributed by atoms with Crippen molar-refractivity contribution in [3.8, 4) is 0 Å². The number of carbonyl (C=O) groups excluding carboxylic acids is 2. The van der Waals surface area contributed by atoms with Crippen molar-refractivity contribution in [2.24, 2.45) is 5.92 Å². The van der Waals surface area contributed by atoms with Crippen molar-refractivity contribution >= 4 is 11.9 Å². The van der Waals surface area contributed by atoms with Crippen LogP contribution in [0.15, 0.2) is 78.9 Å². The SMILES string of the molecule is [C-]#[N+]C1(c2ccccc2)CCN(CC(C)CN2C(=O)NC(c3ccc(C)cc3)(c3ccc(C)cc3)C2=O)CC1. The van der Waals surface area contributed by atoms with Crippen LogP contribution in [0.1, 0.15) is 47.6 Å². The van der Waals surface area contributed by atoms with Gasteiger partial charge in [0.05, 0.1) is 0 Å². The summed E-state index contributed by atoms with van der Waals surface area (Å²) in [5.41, 5.74) is 3.10. The second-order valence-corrected chi connectivity index (χ2v) is 11.2. The van der Waals surface area contributed by atoms with Crippen molar-refractivity contribution in [2.75, 3.05) is 26.2 Å². The van der Waals surface area contributed by atoms with Gasteiger partial charge in [0.15, 0.2) is 5.54 Å². The molecule has 6 heteroatoms. The summed E-state index contributed by atoms with van der Waals surface area (Å²) in [5.74, 6) is -0.148. The summed E-state index contributed by atoms with van der Waals surface area (Å²) in [5, 5.41) is 3.07. The van der Waals surface area contributed by atoms with Crippen molar-refractivity contribution in [1.29, 1.82) is 0 Å². The molecule has 0 aromatic heterocycles. The topological polar surface area (TPSA) is 57.0 Å². The summed E-state index contributed by atoms with van der Waals surface area (Å²) in [7, 11) is 0. The zero-order valence-electron chi connectivity index (χ0n) is 23.0. The number of nitrogens with one attached hydrogen (secondary N) is 1. The highest BCUT2D eigenvalue weighted by Gasteiger charge is 2.54. The Morgan fingerprint density at radius 3 is 1.87 bits per heavy atom. The predicted octanol–water partition coefficient (Wildman–Crippen LogP) is 5.65. The van der Waals surface area contributed by atoms with E-state index in [-0.39, 0.29) is 17.9 Å². The third kappa shape index (κ3) is 4.95. The number of amides is 3. The Kier molecular flexibility index (Phi) is 7.29. The first-order valence-electron chi connectivity index (χ1n) is 13.7. The van der Waals surface area contributed by atoms with E-state index in [4.69, 9.17) is 6.57 Å². The number of nitrogens with zero attached hydrogens (tertiary/aromatic N) is 3. The molecule has 2 heterocycles. The first-order valence-corrected chi connectivity index (χ1v) is 13.7. The zero-order valence-corrected chi connectivity index (χ0v) is 23.0. The van der Waals surface area contributed by atoms with E-state index in [9.17, 15) is 9.59 Å². The minimum absolute atomic E-state index is 0.0868. The van der Waals surface area contributed by atoms with Gasteiger partial charge < -0.3 is 15.1 Å². The normalized spacial score (nSPS) is 19.4. The van der Waals surface area contributed by atoms with Crippen LogP contribution in [0.5, 0.6) is 0 Å². The lowest BCUT2D eigenvalue weighted by molar-refractivity contribution is -0.130. The van der Waals surface area contributed by atoms with Crippen molar-refractivity contribution in [3.05, 3.63) is 118 Å². The van der Waals surface area contributed by atoms with Crippen LogP contribution in [0, 0.1) is 26.3 Å². The van der Waals surface area contributed by atoms with E-state index in [0.29, 0.717) is 6.54 Å². The molecule has 1 unspecified atom stereocenters. The number of rotatable bonds is 7. The zero-order chi connectivity index (χ0) is 27.6. The summed E-state index contributed by atoms with van der Waals surface area (Å²) in [6.07, 6.45) is 1.56. The monoisotopic (exact) mass is 520 g/mol. The molecule has 2 fully saturated rings. The second-order valence-electron chi connectivity index (χ2n) is 11.2. The molecule has 0 saturated carbocycles. The lowest BCUT2D eigenvalue weighted by atomic mass is 9.81. The van der Waals surface area contributed by atoms with Gasteiger partial charge in [-0.1, -0.05) is 96.9 Å². The molecule has 6 nitrogen and oxygen atoms in total. The molecule has 2 aliphatic heterocycles. The van der Waals surface area contributed by atoms with E-state index in [1.54, 1.807) is 0 Å². The molecule has 0 spiro atoms. The Balaban J connectivity index is 1.31. The highest BCUT2D eigenvalue weighted by molar-refractivity contribution is 6.09. The molecule has 0 radical (unpaired) electrons. The highest BCUT2D eigenvalue weighted by atomic mass is 16.2. The first-order chi connectivity index (χ1) is 18.8. The Morgan fingerprint density at radius 2 is 1.36 bits per heavy atom. The lowest BCUT2D eigenvalue weighted by Crippen LogP contribution is -2.46. The maximum Gasteiger partial charge on any atom is 0.325 e. The van der Waals surface area contributed by atoms with Crippen LogP contribution in [-0.4, -0.2) is 47.9 Å². The van der Waals surface area contributed by atoms with Crippen LogP contribution in [0.25, 0.3) is 4.85 Å².